The summed E-state index contributed by atoms with van der Waals surface area (Å²) >= 11 is 0. The molecule has 4 heteroatoms. The SMILES string of the molecule is C=CC(Cc1ccc(C(F)(F)F)cc1)NC. The zero-order chi connectivity index (χ0) is 12.2. The third kappa shape index (κ3) is 3.38. The third-order valence-corrected chi connectivity index (χ3v) is 2.39. The van der Waals surface area contributed by atoms with Crippen LogP contribution in [0.15, 0.2) is 36.9 Å². The maximum atomic E-state index is 12.3. The number of hydrogen-bond donors (Lipinski definition) is 1. The predicted octanol–water partition coefficient (Wildman–Crippen LogP) is 3.02. The highest BCUT2D eigenvalue weighted by atomic mass is 19.4. The van der Waals surface area contributed by atoms with E-state index in [1.54, 1.807) is 13.1 Å². The fourth-order valence-electron chi connectivity index (χ4n) is 1.39. The summed E-state index contributed by atoms with van der Waals surface area (Å²) in [5, 5.41) is 3.00. The van der Waals surface area contributed by atoms with Gasteiger partial charge in [0.1, 0.15) is 0 Å². The van der Waals surface area contributed by atoms with Gasteiger partial charge in [0.2, 0.25) is 0 Å². The summed E-state index contributed by atoms with van der Waals surface area (Å²) in [4.78, 5) is 0. The molecule has 0 aliphatic heterocycles. The van der Waals surface area contributed by atoms with Crippen LogP contribution in [-0.2, 0) is 12.6 Å². The normalized spacial score (nSPS) is 13.5. The van der Waals surface area contributed by atoms with Gasteiger partial charge < -0.3 is 5.32 Å². The Balaban J connectivity index is 2.75. The minimum absolute atomic E-state index is 0.0803. The van der Waals surface area contributed by atoms with E-state index in [-0.39, 0.29) is 6.04 Å². The van der Waals surface area contributed by atoms with Crippen molar-refractivity contribution in [3.05, 3.63) is 48.0 Å². The van der Waals surface area contributed by atoms with E-state index in [0.717, 1.165) is 17.7 Å². The molecule has 0 heterocycles. The topological polar surface area (TPSA) is 12.0 Å². The lowest BCUT2D eigenvalue weighted by atomic mass is 10.0. The first-order valence-electron chi connectivity index (χ1n) is 4.93. The highest BCUT2D eigenvalue weighted by Gasteiger charge is 2.29. The zero-order valence-corrected chi connectivity index (χ0v) is 9.01. The van der Waals surface area contributed by atoms with Gasteiger partial charge in [0.15, 0.2) is 0 Å². The molecule has 0 fully saturated rings. The average molecular weight is 229 g/mol. The Morgan fingerprint density at radius 2 is 1.88 bits per heavy atom. The van der Waals surface area contributed by atoms with E-state index >= 15 is 0 Å². The Morgan fingerprint density at radius 3 is 2.25 bits per heavy atom. The van der Waals surface area contributed by atoms with Gasteiger partial charge in [-0.3, -0.25) is 0 Å². The third-order valence-electron chi connectivity index (χ3n) is 2.39. The standard InChI is InChI=1S/C12H14F3N/c1-3-11(16-2)8-9-4-6-10(7-5-9)12(13,14)15/h3-7,11,16H,1,8H2,2H3. The van der Waals surface area contributed by atoms with Crippen molar-refractivity contribution in [2.24, 2.45) is 0 Å². The molecule has 1 N–H and O–H groups in total. The number of halogens is 3. The van der Waals surface area contributed by atoms with Gasteiger partial charge in [-0.15, -0.1) is 6.58 Å². The fraction of sp³-hybridized carbons (Fsp3) is 0.333. The van der Waals surface area contributed by atoms with Gasteiger partial charge in [0.05, 0.1) is 5.56 Å². The number of benzene rings is 1. The lowest BCUT2D eigenvalue weighted by Crippen LogP contribution is -2.24. The predicted molar refractivity (Wildman–Crippen MR) is 58.2 cm³/mol. The average Bonchev–Trinajstić information content (AvgIpc) is 2.25. The lowest BCUT2D eigenvalue weighted by Gasteiger charge is -2.12. The van der Waals surface area contributed by atoms with Gasteiger partial charge in [-0.2, -0.15) is 13.2 Å². The van der Waals surface area contributed by atoms with Gasteiger partial charge in [-0.05, 0) is 31.2 Å². The van der Waals surface area contributed by atoms with Gasteiger partial charge >= 0.3 is 6.18 Å². The molecule has 0 bridgehead atoms. The Bertz CT molecular complexity index is 340. The lowest BCUT2D eigenvalue weighted by molar-refractivity contribution is -0.137. The van der Waals surface area contributed by atoms with Gasteiger partial charge in [-0.1, -0.05) is 18.2 Å². The molecule has 0 saturated heterocycles. The minimum atomic E-state index is -4.26. The van der Waals surface area contributed by atoms with Crippen LogP contribution in [0.25, 0.3) is 0 Å². The van der Waals surface area contributed by atoms with Crippen molar-refractivity contribution in [1.29, 1.82) is 0 Å². The first kappa shape index (κ1) is 12.8. The van der Waals surface area contributed by atoms with Crippen LogP contribution in [0.1, 0.15) is 11.1 Å². The summed E-state index contributed by atoms with van der Waals surface area (Å²) in [6.07, 6.45) is -1.89. The molecular weight excluding hydrogens is 215 g/mol. The molecule has 1 atom stereocenters. The fourth-order valence-corrected chi connectivity index (χ4v) is 1.39. The first-order chi connectivity index (χ1) is 7.47. The molecule has 88 valence electrons. The van der Waals surface area contributed by atoms with Crippen molar-refractivity contribution in [3.8, 4) is 0 Å². The maximum absolute atomic E-state index is 12.3. The van der Waals surface area contributed by atoms with Crippen LogP contribution in [-0.4, -0.2) is 13.1 Å². The Kier molecular flexibility index (Phi) is 4.12. The largest absolute Gasteiger partial charge is 0.416 e. The number of hydrogen-bond acceptors (Lipinski definition) is 1. The van der Waals surface area contributed by atoms with E-state index in [4.69, 9.17) is 0 Å². The molecule has 0 saturated carbocycles. The Labute approximate surface area is 93.0 Å². The molecule has 16 heavy (non-hydrogen) atoms. The first-order valence-corrected chi connectivity index (χ1v) is 4.93. The molecule has 0 aliphatic carbocycles. The molecular formula is C12H14F3N. The quantitative estimate of drug-likeness (QED) is 0.782. The summed E-state index contributed by atoms with van der Waals surface area (Å²) in [7, 11) is 1.79. The van der Waals surface area contributed by atoms with Crippen LogP contribution >= 0.6 is 0 Å². The van der Waals surface area contributed by atoms with E-state index in [9.17, 15) is 13.2 Å². The number of rotatable bonds is 4. The number of nitrogens with one attached hydrogen (secondary N) is 1. The summed E-state index contributed by atoms with van der Waals surface area (Å²) in [5.74, 6) is 0. The zero-order valence-electron chi connectivity index (χ0n) is 9.01. The van der Waals surface area contributed by atoms with Crippen molar-refractivity contribution >= 4 is 0 Å². The van der Waals surface area contributed by atoms with Crippen LogP contribution in [0.2, 0.25) is 0 Å². The second kappa shape index (κ2) is 5.16. The van der Waals surface area contributed by atoms with Crippen LogP contribution < -0.4 is 5.32 Å². The Hall–Kier alpha value is -1.29. The molecule has 0 amide bonds. The molecule has 1 unspecified atom stereocenters. The van der Waals surface area contributed by atoms with Gasteiger partial charge in [0.25, 0.3) is 0 Å². The smallest absolute Gasteiger partial charge is 0.313 e. The monoisotopic (exact) mass is 229 g/mol. The number of likely N-dealkylation sites (N-methyl/N-ethyl adjacent to an activating group) is 1. The molecule has 0 aliphatic rings. The number of alkyl halides is 3. The van der Waals surface area contributed by atoms with E-state index in [0.29, 0.717) is 6.42 Å². The molecule has 1 aromatic rings. The molecule has 1 nitrogen and oxygen atoms in total. The second-order valence-electron chi connectivity index (χ2n) is 3.53. The minimum Gasteiger partial charge on any atom is -0.313 e. The summed E-state index contributed by atoms with van der Waals surface area (Å²) in [6, 6.07) is 5.28. The summed E-state index contributed by atoms with van der Waals surface area (Å²) in [5.41, 5.74) is 0.239. The second-order valence-corrected chi connectivity index (χ2v) is 3.53. The van der Waals surface area contributed by atoms with E-state index in [1.807, 2.05) is 0 Å². The van der Waals surface area contributed by atoms with Crippen LogP contribution in [0.3, 0.4) is 0 Å². The van der Waals surface area contributed by atoms with E-state index in [1.165, 1.54) is 12.1 Å². The molecule has 0 aromatic heterocycles. The molecule has 1 aromatic carbocycles. The Morgan fingerprint density at radius 1 is 1.31 bits per heavy atom. The summed E-state index contributed by atoms with van der Waals surface area (Å²) < 4.78 is 36.9. The van der Waals surface area contributed by atoms with Crippen molar-refractivity contribution in [2.45, 2.75) is 18.6 Å². The highest BCUT2D eigenvalue weighted by Crippen LogP contribution is 2.29. The highest BCUT2D eigenvalue weighted by molar-refractivity contribution is 5.25. The van der Waals surface area contributed by atoms with Crippen molar-refractivity contribution in [2.75, 3.05) is 7.05 Å². The van der Waals surface area contributed by atoms with Crippen LogP contribution in [0, 0.1) is 0 Å². The molecule has 0 radical (unpaired) electrons. The maximum Gasteiger partial charge on any atom is 0.416 e. The van der Waals surface area contributed by atoms with E-state index < -0.39 is 11.7 Å². The van der Waals surface area contributed by atoms with Gasteiger partial charge in [0, 0.05) is 6.04 Å². The molecule has 0 spiro atoms. The molecule has 1 rings (SSSR count). The van der Waals surface area contributed by atoms with Crippen molar-refractivity contribution in [1.82, 2.24) is 5.32 Å². The summed E-state index contributed by atoms with van der Waals surface area (Å²) in [6.45, 7) is 3.64. The van der Waals surface area contributed by atoms with Crippen LogP contribution in [0.5, 0.6) is 0 Å². The van der Waals surface area contributed by atoms with Crippen LogP contribution in [0.4, 0.5) is 13.2 Å². The van der Waals surface area contributed by atoms with Gasteiger partial charge in [-0.25, -0.2) is 0 Å². The van der Waals surface area contributed by atoms with Crippen molar-refractivity contribution < 1.29 is 13.2 Å². The van der Waals surface area contributed by atoms with E-state index in [2.05, 4.69) is 11.9 Å². The van der Waals surface area contributed by atoms with Crippen molar-refractivity contribution in [3.63, 3.8) is 0 Å².